The van der Waals surface area contributed by atoms with Gasteiger partial charge >= 0.3 is 0 Å². The Bertz CT molecular complexity index is 494. The molecule has 0 nitrogen and oxygen atoms in total. The first kappa shape index (κ1) is 18.7. The summed E-state index contributed by atoms with van der Waals surface area (Å²) in [5.74, 6) is 4.46. The zero-order valence-electron chi connectivity index (χ0n) is 16.3. The van der Waals surface area contributed by atoms with Crippen molar-refractivity contribution in [3.63, 3.8) is 0 Å². The van der Waals surface area contributed by atoms with Gasteiger partial charge in [0.15, 0.2) is 0 Å². The molecule has 0 saturated heterocycles. The van der Waals surface area contributed by atoms with Crippen molar-refractivity contribution in [1.29, 1.82) is 0 Å². The highest BCUT2D eigenvalue weighted by Crippen LogP contribution is 2.43. The molecule has 25 heavy (non-hydrogen) atoms. The van der Waals surface area contributed by atoms with Crippen molar-refractivity contribution in [2.24, 2.45) is 23.7 Å². The summed E-state index contributed by atoms with van der Waals surface area (Å²) in [6, 6.07) is 11.2. The van der Waals surface area contributed by atoms with Gasteiger partial charge in [0.05, 0.1) is 0 Å². The van der Waals surface area contributed by atoms with Crippen molar-refractivity contribution in [2.45, 2.75) is 83.5 Å². The lowest BCUT2D eigenvalue weighted by Gasteiger charge is -2.36. The summed E-state index contributed by atoms with van der Waals surface area (Å²) < 4.78 is 0. The fourth-order valence-corrected chi connectivity index (χ4v) is 5.62. The van der Waals surface area contributed by atoms with Crippen molar-refractivity contribution in [2.75, 3.05) is 0 Å². The topological polar surface area (TPSA) is 0 Å². The Kier molecular flexibility index (Phi) is 7.20. The molecule has 0 N–H and O–H groups in total. The highest BCUT2D eigenvalue weighted by atomic mass is 14.4. The molecule has 3 unspecified atom stereocenters. The monoisotopic (exact) mass is 338 g/mol. The van der Waals surface area contributed by atoms with Crippen LogP contribution in [-0.2, 0) is 0 Å². The Morgan fingerprint density at radius 1 is 0.880 bits per heavy atom. The largest absolute Gasteiger partial charge is 0.103 e. The fraction of sp³-hybridized carbons (Fsp3) is 0.680. The van der Waals surface area contributed by atoms with Gasteiger partial charge in [-0.15, -0.1) is 6.58 Å². The molecule has 0 radical (unpaired) electrons. The van der Waals surface area contributed by atoms with E-state index >= 15 is 0 Å². The lowest BCUT2D eigenvalue weighted by atomic mass is 9.69. The first-order chi connectivity index (χ1) is 12.3. The van der Waals surface area contributed by atoms with Crippen LogP contribution in [0.4, 0.5) is 0 Å². The maximum atomic E-state index is 4.16. The lowest BCUT2D eigenvalue weighted by molar-refractivity contribution is 0.199. The second kappa shape index (κ2) is 9.60. The van der Waals surface area contributed by atoms with Crippen LogP contribution in [0.1, 0.15) is 89.0 Å². The molecule has 0 heterocycles. The average Bonchev–Trinajstić information content (AvgIpc) is 2.68. The van der Waals surface area contributed by atoms with Gasteiger partial charge in [-0.05, 0) is 60.8 Å². The zero-order valence-corrected chi connectivity index (χ0v) is 16.3. The SMILES string of the molecule is C=CC1CCC(c2ccccc2)CC1CCC1CCC(CCC)CC1. The maximum Gasteiger partial charge on any atom is -0.0159 e. The second-order valence-electron chi connectivity index (χ2n) is 8.83. The first-order valence-electron chi connectivity index (χ1n) is 11.0. The third-order valence-electron chi connectivity index (χ3n) is 7.22. The van der Waals surface area contributed by atoms with Crippen LogP contribution in [-0.4, -0.2) is 0 Å². The van der Waals surface area contributed by atoms with Crippen LogP contribution in [0, 0.1) is 23.7 Å². The van der Waals surface area contributed by atoms with Gasteiger partial charge in [0, 0.05) is 0 Å². The summed E-state index contributed by atoms with van der Waals surface area (Å²) in [6.45, 7) is 6.50. The number of hydrogen-bond acceptors (Lipinski definition) is 0. The minimum absolute atomic E-state index is 0.761. The maximum absolute atomic E-state index is 4.16. The Hall–Kier alpha value is -1.04. The average molecular weight is 339 g/mol. The van der Waals surface area contributed by atoms with Crippen molar-refractivity contribution in [1.82, 2.24) is 0 Å². The number of hydrogen-bond donors (Lipinski definition) is 0. The molecule has 0 aliphatic heterocycles. The molecule has 0 amide bonds. The zero-order chi connectivity index (χ0) is 17.5. The van der Waals surface area contributed by atoms with Crippen molar-refractivity contribution in [3.8, 4) is 0 Å². The molecule has 0 aromatic heterocycles. The Labute approximate surface area is 156 Å². The van der Waals surface area contributed by atoms with Gasteiger partial charge in [-0.3, -0.25) is 0 Å². The Balaban J connectivity index is 1.50. The molecule has 138 valence electrons. The van der Waals surface area contributed by atoms with Crippen molar-refractivity contribution in [3.05, 3.63) is 48.6 Å². The molecule has 0 bridgehead atoms. The van der Waals surface area contributed by atoms with Gasteiger partial charge in [-0.2, -0.15) is 0 Å². The van der Waals surface area contributed by atoms with Gasteiger partial charge in [0.1, 0.15) is 0 Å². The molecule has 2 aliphatic carbocycles. The summed E-state index contributed by atoms with van der Waals surface area (Å²) in [6.07, 6.45) is 18.1. The molecule has 3 rings (SSSR count). The third-order valence-corrected chi connectivity index (χ3v) is 7.22. The van der Waals surface area contributed by atoms with E-state index in [1.807, 2.05) is 0 Å². The summed E-state index contributed by atoms with van der Waals surface area (Å²) in [5, 5.41) is 0. The molecule has 0 spiro atoms. The van der Waals surface area contributed by atoms with Crippen LogP contribution < -0.4 is 0 Å². The van der Waals surface area contributed by atoms with E-state index in [9.17, 15) is 0 Å². The first-order valence-corrected chi connectivity index (χ1v) is 11.0. The van der Waals surface area contributed by atoms with E-state index in [0.29, 0.717) is 0 Å². The predicted octanol–water partition coefficient (Wildman–Crippen LogP) is 7.76. The van der Waals surface area contributed by atoms with E-state index in [1.54, 1.807) is 5.56 Å². The quantitative estimate of drug-likeness (QED) is 0.446. The lowest BCUT2D eigenvalue weighted by Crippen LogP contribution is -2.24. The Morgan fingerprint density at radius 3 is 2.20 bits per heavy atom. The third kappa shape index (κ3) is 5.22. The predicted molar refractivity (Wildman–Crippen MR) is 110 cm³/mol. The van der Waals surface area contributed by atoms with Crippen LogP contribution in [0.5, 0.6) is 0 Å². The molecule has 1 aromatic carbocycles. The van der Waals surface area contributed by atoms with Crippen LogP contribution in [0.15, 0.2) is 43.0 Å². The van der Waals surface area contributed by atoms with Crippen LogP contribution in [0.3, 0.4) is 0 Å². The van der Waals surface area contributed by atoms with Gasteiger partial charge < -0.3 is 0 Å². The van der Waals surface area contributed by atoms with E-state index in [1.165, 1.54) is 70.6 Å². The van der Waals surface area contributed by atoms with Gasteiger partial charge in [-0.25, -0.2) is 0 Å². The van der Waals surface area contributed by atoms with E-state index in [0.717, 1.165) is 29.6 Å². The summed E-state index contributed by atoms with van der Waals surface area (Å²) in [5.41, 5.74) is 1.56. The summed E-state index contributed by atoms with van der Waals surface area (Å²) in [7, 11) is 0. The highest BCUT2D eigenvalue weighted by molar-refractivity contribution is 5.20. The van der Waals surface area contributed by atoms with Crippen molar-refractivity contribution < 1.29 is 0 Å². The minimum atomic E-state index is 0.761. The molecule has 2 aliphatic rings. The van der Waals surface area contributed by atoms with E-state index in [4.69, 9.17) is 0 Å². The number of allylic oxidation sites excluding steroid dienone is 1. The molecule has 0 heteroatoms. The van der Waals surface area contributed by atoms with E-state index in [-0.39, 0.29) is 0 Å². The van der Waals surface area contributed by atoms with Gasteiger partial charge in [0.25, 0.3) is 0 Å². The summed E-state index contributed by atoms with van der Waals surface area (Å²) >= 11 is 0. The molecular weight excluding hydrogens is 300 g/mol. The Morgan fingerprint density at radius 2 is 1.56 bits per heavy atom. The van der Waals surface area contributed by atoms with Gasteiger partial charge in [-0.1, -0.05) is 88.3 Å². The standard InChI is InChI=1S/C25H38/c1-3-8-20-11-13-21(14-12-20)15-16-24-19-25(18-17-22(24)4-2)23-9-6-5-7-10-23/h4-7,9-10,20-22,24-25H,2-3,8,11-19H2,1H3. The molecule has 2 fully saturated rings. The van der Waals surface area contributed by atoms with E-state index < -0.39 is 0 Å². The number of rotatable bonds is 7. The van der Waals surface area contributed by atoms with Crippen molar-refractivity contribution >= 4 is 0 Å². The second-order valence-corrected chi connectivity index (χ2v) is 8.83. The number of benzene rings is 1. The van der Waals surface area contributed by atoms with Crippen LogP contribution >= 0.6 is 0 Å². The minimum Gasteiger partial charge on any atom is -0.103 e. The smallest absolute Gasteiger partial charge is 0.0159 e. The summed E-state index contributed by atoms with van der Waals surface area (Å²) in [4.78, 5) is 0. The normalized spacial score (nSPS) is 33.1. The molecular formula is C25H38. The van der Waals surface area contributed by atoms with E-state index in [2.05, 4.69) is 49.9 Å². The van der Waals surface area contributed by atoms with Crippen LogP contribution in [0.2, 0.25) is 0 Å². The van der Waals surface area contributed by atoms with Gasteiger partial charge in [0.2, 0.25) is 0 Å². The highest BCUT2D eigenvalue weighted by Gasteiger charge is 2.30. The fourth-order valence-electron chi connectivity index (χ4n) is 5.62. The van der Waals surface area contributed by atoms with Crippen LogP contribution in [0.25, 0.3) is 0 Å². The molecule has 2 saturated carbocycles. The molecule has 1 aromatic rings. The molecule has 3 atom stereocenters.